The van der Waals surface area contributed by atoms with Gasteiger partial charge in [-0.25, -0.2) is 0 Å². The molecule has 1 aromatic carbocycles. The largest absolute Gasteiger partial charge is 0.484 e. The van der Waals surface area contributed by atoms with Crippen LogP contribution in [0.15, 0.2) is 36.7 Å². The second kappa shape index (κ2) is 9.57. The molecule has 1 fully saturated rings. The summed E-state index contributed by atoms with van der Waals surface area (Å²) in [5.41, 5.74) is 1.70. The molecule has 0 bridgehead atoms. The van der Waals surface area contributed by atoms with Crippen LogP contribution in [0.2, 0.25) is 0 Å². The van der Waals surface area contributed by atoms with Crippen molar-refractivity contribution in [3.8, 4) is 5.75 Å². The number of hydrogen-bond donors (Lipinski definition) is 2. The summed E-state index contributed by atoms with van der Waals surface area (Å²) in [6.07, 6.45) is 3.77. The summed E-state index contributed by atoms with van der Waals surface area (Å²) in [4.78, 5) is 25.9. The van der Waals surface area contributed by atoms with Crippen molar-refractivity contribution in [1.29, 1.82) is 0 Å². The molecule has 2 amide bonds. The minimum absolute atomic E-state index is 0. The van der Waals surface area contributed by atoms with E-state index in [0.29, 0.717) is 18.0 Å². The van der Waals surface area contributed by atoms with Crippen molar-refractivity contribution in [1.82, 2.24) is 20.0 Å². The van der Waals surface area contributed by atoms with Gasteiger partial charge in [0.05, 0.1) is 12.1 Å². The van der Waals surface area contributed by atoms with E-state index in [1.165, 1.54) is 4.90 Å². The predicted octanol–water partition coefficient (Wildman–Crippen LogP) is 1.25. The molecule has 9 heteroatoms. The highest BCUT2D eigenvalue weighted by atomic mass is 35.5. The summed E-state index contributed by atoms with van der Waals surface area (Å²) in [5.74, 6) is 0.289. The van der Waals surface area contributed by atoms with Crippen LogP contribution in [0.5, 0.6) is 5.75 Å². The van der Waals surface area contributed by atoms with Gasteiger partial charge in [0.1, 0.15) is 5.75 Å². The molecule has 2 N–H and O–H groups in total. The summed E-state index contributed by atoms with van der Waals surface area (Å²) >= 11 is 0. The molecule has 2 atom stereocenters. The van der Waals surface area contributed by atoms with Crippen molar-refractivity contribution in [3.05, 3.63) is 42.2 Å². The van der Waals surface area contributed by atoms with Gasteiger partial charge in [0.15, 0.2) is 6.61 Å². The Morgan fingerprint density at radius 1 is 1.36 bits per heavy atom. The molecule has 1 aromatic heterocycles. The maximum atomic E-state index is 12.8. The highest BCUT2D eigenvalue weighted by molar-refractivity contribution is 5.93. The van der Waals surface area contributed by atoms with E-state index in [4.69, 9.17) is 4.74 Å². The monoisotopic (exact) mass is 407 g/mol. The molecule has 0 aliphatic carbocycles. The summed E-state index contributed by atoms with van der Waals surface area (Å²) in [6, 6.07) is 7.08. The van der Waals surface area contributed by atoms with E-state index < -0.39 is 0 Å². The average Bonchev–Trinajstić information content (AvgIpc) is 3.28. The number of aromatic nitrogens is 2. The number of nitrogens with one attached hydrogen (secondary N) is 2. The molecule has 1 aliphatic rings. The fourth-order valence-corrected chi connectivity index (χ4v) is 3.11. The van der Waals surface area contributed by atoms with Crippen molar-refractivity contribution in [2.75, 3.05) is 39.1 Å². The first kappa shape index (κ1) is 21.7. The molecular weight excluding hydrogens is 382 g/mol. The molecule has 2 aromatic rings. The Morgan fingerprint density at radius 2 is 2.14 bits per heavy atom. The smallest absolute Gasteiger partial charge is 0.259 e. The molecule has 1 aliphatic heterocycles. The van der Waals surface area contributed by atoms with E-state index in [9.17, 15) is 9.59 Å². The number of carbonyl (C=O) groups is 2. The van der Waals surface area contributed by atoms with Crippen molar-refractivity contribution >= 4 is 29.9 Å². The minimum Gasteiger partial charge on any atom is -0.484 e. The zero-order chi connectivity index (χ0) is 19.4. The molecule has 3 rings (SSSR count). The van der Waals surface area contributed by atoms with E-state index in [0.717, 1.165) is 12.1 Å². The third kappa shape index (κ3) is 5.24. The lowest BCUT2D eigenvalue weighted by Gasteiger charge is -2.17. The van der Waals surface area contributed by atoms with Gasteiger partial charge >= 0.3 is 0 Å². The number of aryl methyl sites for hydroxylation is 1. The number of likely N-dealkylation sites (N-methyl/N-ethyl adjacent to an activating group) is 1. The molecule has 152 valence electrons. The van der Waals surface area contributed by atoms with E-state index >= 15 is 0 Å². The van der Waals surface area contributed by atoms with Gasteiger partial charge in [0.2, 0.25) is 5.91 Å². The Balaban J connectivity index is 0.00000280. The molecule has 0 saturated carbocycles. The lowest BCUT2D eigenvalue weighted by Crippen LogP contribution is -2.28. The van der Waals surface area contributed by atoms with Gasteiger partial charge in [-0.15, -0.1) is 12.4 Å². The normalized spacial score (nSPS) is 18.2. The van der Waals surface area contributed by atoms with Gasteiger partial charge < -0.3 is 20.3 Å². The summed E-state index contributed by atoms with van der Waals surface area (Å²) in [5, 5.41) is 10.5. The minimum atomic E-state index is -0.172. The summed E-state index contributed by atoms with van der Waals surface area (Å²) in [6.45, 7) is 1.33. The second-order valence-corrected chi connectivity index (χ2v) is 6.91. The maximum absolute atomic E-state index is 12.8. The van der Waals surface area contributed by atoms with Gasteiger partial charge in [-0.05, 0) is 17.7 Å². The van der Waals surface area contributed by atoms with Gasteiger partial charge in [0, 0.05) is 58.1 Å². The number of rotatable bonds is 6. The lowest BCUT2D eigenvalue weighted by atomic mass is 9.90. The van der Waals surface area contributed by atoms with Crippen LogP contribution >= 0.6 is 12.4 Å². The topological polar surface area (TPSA) is 88.5 Å². The number of benzene rings is 1. The Kier molecular flexibility index (Phi) is 7.42. The van der Waals surface area contributed by atoms with E-state index in [1.54, 1.807) is 43.0 Å². The molecule has 2 heterocycles. The number of carbonyl (C=O) groups excluding carboxylic acids is 2. The Morgan fingerprint density at radius 3 is 2.82 bits per heavy atom. The van der Waals surface area contributed by atoms with Crippen molar-refractivity contribution < 1.29 is 14.3 Å². The molecule has 0 radical (unpaired) electrons. The Bertz CT molecular complexity index is 823. The van der Waals surface area contributed by atoms with Crippen LogP contribution < -0.4 is 15.4 Å². The number of ether oxygens (including phenoxy) is 1. The van der Waals surface area contributed by atoms with Crippen molar-refractivity contribution in [2.45, 2.75) is 5.92 Å². The number of hydrogen-bond acceptors (Lipinski definition) is 5. The quantitative estimate of drug-likeness (QED) is 0.752. The molecule has 0 unspecified atom stereocenters. The second-order valence-electron chi connectivity index (χ2n) is 6.91. The third-order valence-electron chi connectivity index (χ3n) is 4.67. The van der Waals surface area contributed by atoms with E-state index in [1.807, 2.05) is 19.4 Å². The van der Waals surface area contributed by atoms with Crippen LogP contribution in [0.1, 0.15) is 11.5 Å². The van der Waals surface area contributed by atoms with Crippen LogP contribution in [-0.4, -0.2) is 60.3 Å². The standard InChI is InChI=1S/C19H25N5O3.ClH/c1-23(2)18(25)12-27-15-6-4-5-14(7-15)22-19(26)17-10-20-9-16(17)13-8-21-24(3)11-13;/h4-8,11,16-17,20H,9-10,12H2,1-3H3,(H,22,26);1H/t16-,17+;/m1./s1. The fourth-order valence-electron chi connectivity index (χ4n) is 3.11. The SMILES string of the molecule is CN(C)C(=O)COc1cccc(NC(=O)[C@H]2CNC[C@@H]2c2cnn(C)c2)c1.Cl. The molecular formula is C19H26ClN5O3. The number of amides is 2. The summed E-state index contributed by atoms with van der Waals surface area (Å²) < 4.78 is 7.25. The van der Waals surface area contributed by atoms with Crippen molar-refractivity contribution in [3.63, 3.8) is 0 Å². The maximum Gasteiger partial charge on any atom is 0.259 e. The van der Waals surface area contributed by atoms with Crippen LogP contribution in [0.4, 0.5) is 5.69 Å². The highest BCUT2D eigenvalue weighted by Gasteiger charge is 2.34. The average molecular weight is 408 g/mol. The third-order valence-corrected chi connectivity index (χ3v) is 4.67. The van der Waals surface area contributed by atoms with Crippen LogP contribution in [-0.2, 0) is 16.6 Å². The first-order valence-corrected chi connectivity index (χ1v) is 8.87. The molecule has 1 saturated heterocycles. The number of anilines is 1. The van der Waals surface area contributed by atoms with Gasteiger partial charge in [-0.3, -0.25) is 14.3 Å². The Labute approximate surface area is 170 Å². The van der Waals surface area contributed by atoms with Crippen LogP contribution in [0.3, 0.4) is 0 Å². The molecule has 0 spiro atoms. The first-order valence-electron chi connectivity index (χ1n) is 8.87. The molecule has 8 nitrogen and oxygen atoms in total. The molecule has 28 heavy (non-hydrogen) atoms. The predicted molar refractivity (Wildman–Crippen MR) is 109 cm³/mol. The van der Waals surface area contributed by atoms with Gasteiger partial charge in [0.25, 0.3) is 5.91 Å². The van der Waals surface area contributed by atoms with Crippen LogP contribution in [0.25, 0.3) is 0 Å². The Hall–Kier alpha value is -2.58. The summed E-state index contributed by atoms with van der Waals surface area (Å²) in [7, 11) is 5.22. The van der Waals surface area contributed by atoms with E-state index in [2.05, 4.69) is 15.7 Å². The number of halogens is 1. The van der Waals surface area contributed by atoms with Crippen molar-refractivity contribution in [2.24, 2.45) is 13.0 Å². The zero-order valence-corrected chi connectivity index (χ0v) is 17.0. The fraction of sp³-hybridized carbons (Fsp3) is 0.421. The number of nitrogens with zero attached hydrogens (tertiary/aromatic N) is 3. The first-order chi connectivity index (χ1) is 12.9. The zero-order valence-electron chi connectivity index (χ0n) is 16.2. The highest BCUT2D eigenvalue weighted by Crippen LogP contribution is 2.29. The lowest BCUT2D eigenvalue weighted by molar-refractivity contribution is -0.130. The van der Waals surface area contributed by atoms with Gasteiger partial charge in [-0.2, -0.15) is 5.10 Å². The van der Waals surface area contributed by atoms with Gasteiger partial charge in [-0.1, -0.05) is 6.07 Å². The van der Waals surface area contributed by atoms with Crippen LogP contribution in [0, 0.1) is 5.92 Å². The van der Waals surface area contributed by atoms with E-state index in [-0.39, 0.29) is 42.7 Å².